The Balaban J connectivity index is 1.91. The number of hydrogen-bond donors (Lipinski definition) is 8. The predicted octanol–water partition coefficient (Wildman–Crippen LogP) is -3.25. The lowest BCUT2D eigenvalue weighted by Gasteiger charge is -2.28. The zero-order valence-corrected chi connectivity index (χ0v) is 27.2. The molecule has 1 atom stereocenters. The second-order valence-electron chi connectivity index (χ2n) is 11.2. The van der Waals surface area contributed by atoms with Gasteiger partial charge in [-0.25, -0.2) is 0 Å². The van der Waals surface area contributed by atoms with E-state index < -0.39 is 42.7 Å². The fourth-order valence-electron chi connectivity index (χ4n) is 5.07. The number of rotatable bonds is 24. The number of nitrogens with one attached hydrogen (secondary N) is 4. The largest absolute Gasteiger partial charge is 0.480 e. The van der Waals surface area contributed by atoms with Crippen molar-refractivity contribution in [1.29, 1.82) is 0 Å². The summed E-state index contributed by atoms with van der Waals surface area (Å²) >= 11 is 0. The molecule has 0 bridgehead atoms. The number of nitrogens with zero attached hydrogens (tertiary/aromatic N) is 4. The van der Waals surface area contributed by atoms with Crippen molar-refractivity contribution in [1.82, 2.24) is 35.7 Å². The first-order chi connectivity index (χ1) is 22.9. The molecule has 0 radical (unpaired) electrons. The van der Waals surface area contributed by atoms with Crippen molar-refractivity contribution < 1.29 is 49.0 Å². The standard InChI is InChI=1S/C29H47BN8O10/c1-2-35(16-17-39)12-13-37(15-14-36(21-28(44)45)11-9-31-19-27(42)43)20-25(40)34-33-23-7-5-22(6-8-23)29(46)32-18-26(41)38-10-3-4-24(38)30(47)48/h5-8,17,24,31,33,47-48H,2-4,9-16,18-21H2,1H3,(H,32,46)(H,34,40)(H,42,43)(H,44,45)/t24-/m0/s1. The van der Waals surface area contributed by atoms with E-state index in [1.54, 1.807) is 17.0 Å². The van der Waals surface area contributed by atoms with Crippen LogP contribution in [0.1, 0.15) is 30.1 Å². The summed E-state index contributed by atoms with van der Waals surface area (Å²) in [4.78, 5) is 77.7. The van der Waals surface area contributed by atoms with Gasteiger partial charge in [-0.15, -0.1) is 0 Å². The zero-order chi connectivity index (χ0) is 35.5. The summed E-state index contributed by atoms with van der Waals surface area (Å²) in [6, 6.07) is 6.14. The lowest BCUT2D eigenvalue weighted by atomic mass is 9.78. The van der Waals surface area contributed by atoms with Crippen LogP contribution in [0.3, 0.4) is 0 Å². The van der Waals surface area contributed by atoms with Gasteiger partial charge in [0.25, 0.3) is 11.8 Å². The number of benzene rings is 1. The van der Waals surface area contributed by atoms with E-state index in [-0.39, 0.29) is 51.4 Å². The minimum atomic E-state index is -1.64. The molecule has 0 unspecified atom stereocenters. The van der Waals surface area contributed by atoms with Crippen LogP contribution in [0.25, 0.3) is 0 Å². The highest BCUT2D eigenvalue weighted by Crippen LogP contribution is 2.18. The maximum absolute atomic E-state index is 12.9. The molecule has 0 aromatic heterocycles. The zero-order valence-electron chi connectivity index (χ0n) is 27.2. The number of anilines is 1. The molecule has 1 saturated heterocycles. The molecule has 0 saturated carbocycles. The van der Waals surface area contributed by atoms with Crippen molar-refractivity contribution in [3.8, 4) is 0 Å². The van der Waals surface area contributed by atoms with Crippen LogP contribution in [0.15, 0.2) is 24.3 Å². The molecule has 266 valence electrons. The SMILES string of the molecule is CCN(CC=O)CCN(CCN(CCNCC(=O)O)CC(=O)O)CC(=O)NNc1ccc(C(=O)NCC(=O)N2CCC[C@H]2B(O)O)cc1. The van der Waals surface area contributed by atoms with Gasteiger partial charge >= 0.3 is 19.1 Å². The van der Waals surface area contributed by atoms with Gasteiger partial charge in [0, 0.05) is 51.4 Å². The van der Waals surface area contributed by atoms with Gasteiger partial charge in [0.1, 0.15) is 6.29 Å². The van der Waals surface area contributed by atoms with Crippen molar-refractivity contribution >= 4 is 48.8 Å². The molecular weight excluding hydrogens is 631 g/mol. The van der Waals surface area contributed by atoms with Crippen LogP contribution in [-0.2, 0) is 24.0 Å². The molecule has 1 heterocycles. The Labute approximate surface area is 279 Å². The molecule has 0 aliphatic carbocycles. The number of hydrazine groups is 1. The molecule has 2 rings (SSSR count). The molecule has 1 aliphatic rings. The lowest BCUT2D eigenvalue weighted by Crippen LogP contribution is -2.48. The first kappa shape index (κ1) is 40.0. The van der Waals surface area contributed by atoms with Crippen LogP contribution in [0, 0.1) is 0 Å². The Kier molecular flexibility index (Phi) is 18.1. The fourth-order valence-corrected chi connectivity index (χ4v) is 5.07. The Hall–Kier alpha value is -4.14. The number of carboxylic acid groups (broad SMARTS) is 2. The van der Waals surface area contributed by atoms with E-state index in [1.165, 1.54) is 17.0 Å². The molecule has 1 fully saturated rings. The second-order valence-corrected chi connectivity index (χ2v) is 11.2. The van der Waals surface area contributed by atoms with Gasteiger partial charge in [0.05, 0.1) is 44.4 Å². The van der Waals surface area contributed by atoms with E-state index in [0.717, 1.165) is 6.29 Å². The highest BCUT2D eigenvalue weighted by Gasteiger charge is 2.36. The molecule has 0 spiro atoms. The maximum Gasteiger partial charge on any atom is 0.475 e. The average Bonchev–Trinajstić information content (AvgIpc) is 3.55. The van der Waals surface area contributed by atoms with E-state index in [9.17, 15) is 43.9 Å². The van der Waals surface area contributed by atoms with E-state index in [4.69, 9.17) is 5.11 Å². The Bertz CT molecular complexity index is 1210. The number of carboxylic acids is 2. The normalized spacial score (nSPS) is 14.3. The van der Waals surface area contributed by atoms with Crippen LogP contribution >= 0.6 is 0 Å². The number of hydrogen-bond acceptors (Lipinski definition) is 13. The molecule has 48 heavy (non-hydrogen) atoms. The van der Waals surface area contributed by atoms with E-state index in [0.29, 0.717) is 57.8 Å². The van der Waals surface area contributed by atoms with Crippen LogP contribution in [0.5, 0.6) is 0 Å². The van der Waals surface area contributed by atoms with Crippen molar-refractivity contribution in [2.75, 3.05) is 90.5 Å². The highest BCUT2D eigenvalue weighted by molar-refractivity contribution is 6.43. The Morgan fingerprint density at radius 1 is 0.917 bits per heavy atom. The van der Waals surface area contributed by atoms with Crippen molar-refractivity contribution in [2.24, 2.45) is 0 Å². The van der Waals surface area contributed by atoms with E-state index in [1.807, 2.05) is 16.7 Å². The molecule has 18 nitrogen and oxygen atoms in total. The predicted molar refractivity (Wildman–Crippen MR) is 175 cm³/mol. The second kappa shape index (κ2) is 21.7. The molecule has 19 heteroatoms. The number of carbonyl (C=O) groups is 6. The van der Waals surface area contributed by atoms with E-state index >= 15 is 0 Å². The third-order valence-electron chi connectivity index (χ3n) is 7.71. The number of amides is 3. The van der Waals surface area contributed by atoms with Crippen molar-refractivity contribution in [3.05, 3.63) is 29.8 Å². The molecular formula is C29H47BN8O10. The van der Waals surface area contributed by atoms with Crippen LogP contribution < -0.4 is 21.5 Å². The van der Waals surface area contributed by atoms with Crippen LogP contribution in [-0.4, -0.2) is 174 Å². The molecule has 8 N–H and O–H groups in total. The van der Waals surface area contributed by atoms with Gasteiger partial charge in [-0.3, -0.25) is 49.5 Å². The van der Waals surface area contributed by atoms with Crippen LogP contribution in [0.4, 0.5) is 5.69 Å². The minimum absolute atomic E-state index is 0.0521. The topological polar surface area (TPSA) is 244 Å². The summed E-state index contributed by atoms with van der Waals surface area (Å²) in [6.07, 6.45) is 1.91. The number of carbonyl (C=O) groups excluding carboxylic acids is 4. The molecule has 3 amide bonds. The lowest BCUT2D eigenvalue weighted by molar-refractivity contribution is -0.139. The quantitative estimate of drug-likeness (QED) is 0.0232. The maximum atomic E-state index is 12.9. The van der Waals surface area contributed by atoms with Gasteiger partial charge in [-0.05, 0) is 43.7 Å². The summed E-state index contributed by atoms with van der Waals surface area (Å²) in [5.41, 5.74) is 6.12. The molecule has 1 aromatic rings. The minimum Gasteiger partial charge on any atom is -0.480 e. The smallest absolute Gasteiger partial charge is 0.475 e. The number of aldehydes is 1. The number of likely N-dealkylation sites (tertiary alicyclic amines) is 1. The van der Waals surface area contributed by atoms with Gasteiger partial charge in [-0.2, -0.15) is 0 Å². The monoisotopic (exact) mass is 678 g/mol. The number of likely N-dealkylation sites (N-methyl/N-ethyl adjacent to an activating group) is 1. The van der Waals surface area contributed by atoms with Gasteiger partial charge in [0.2, 0.25) is 5.91 Å². The molecule has 1 aliphatic heterocycles. The van der Waals surface area contributed by atoms with E-state index in [2.05, 4.69) is 21.5 Å². The summed E-state index contributed by atoms with van der Waals surface area (Å²) in [7, 11) is -1.64. The Morgan fingerprint density at radius 3 is 2.15 bits per heavy atom. The van der Waals surface area contributed by atoms with Crippen molar-refractivity contribution in [2.45, 2.75) is 25.7 Å². The fraction of sp³-hybridized carbons (Fsp3) is 0.586. The highest BCUT2D eigenvalue weighted by atomic mass is 16.4. The average molecular weight is 679 g/mol. The van der Waals surface area contributed by atoms with Crippen molar-refractivity contribution in [3.63, 3.8) is 0 Å². The third kappa shape index (κ3) is 15.2. The van der Waals surface area contributed by atoms with Gasteiger partial charge in [0.15, 0.2) is 0 Å². The van der Waals surface area contributed by atoms with Gasteiger partial charge in [-0.1, -0.05) is 6.92 Å². The Morgan fingerprint density at radius 2 is 1.56 bits per heavy atom. The van der Waals surface area contributed by atoms with Gasteiger partial charge < -0.3 is 40.6 Å². The van der Waals surface area contributed by atoms with Crippen LogP contribution in [0.2, 0.25) is 0 Å². The third-order valence-corrected chi connectivity index (χ3v) is 7.71. The summed E-state index contributed by atoms with van der Waals surface area (Å²) < 4.78 is 0. The summed E-state index contributed by atoms with van der Waals surface area (Å²) in [6.45, 7) is 4.35. The summed E-state index contributed by atoms with van der Waals surface area (Å²) in [5.74, 6) is -4.07. The number of aliphatic carboxylic acids is 2. The molecule has 1 aromatic carbocycles. The summed E-state index contributed by atoms with van der Waals surface area (Å²) in [5, 5.41) is 42.3. The first-order valence-electron chi connectivity index (χ1n) is 15.8. The first-order valence-corrected chi connectivity index (χ1v) is 15.8.